The van der Waals surface area contributed by atoms with Gasteiger partial charge in [-0.2, -0.15) is 0 Å². The highest BCUT2D eigenvalue weighted by Crippen LogP contribution is 2.06. The van der Waals surface area contributed by atoms with Crippen LogP contribution in [0.3, 0.4) is 0 Å². The summed E-state index contributed by atoms with van der Waals surface area (Å²) < 4.78 is 0. The maximum Gasteiger partial charge on any atom is 0.0106 e. The molecule has 0 aromatic carbocycles. The van der Waals surface area contributed by atoms with Crippen LogP contribution in [-0.2, 0) is 0 Å². The molecule has 0 fully saturated rings. The fourth-order valence-corrected chi connectivity index (χ4v) is 1.26. The summed E-state index contributed by atoms with van der Waals surface area (Å²) in [5, 5.41) is 0. The van der Waals surface area contributed by atoms with Crippen LogP contribution < -0.4 is 5.73 Å². The first-order valence-corrected chi connectivity index (χ1v) is 5.27. The van der Waals surface area contributed by atoms with Gasteiger partial charge in [-0.3, -0.25) is 0 Å². The first kappa shape index (κ1) is 15.5. The summed E-state index contributed by atoms with van der Waals surface area (Å²) in [5.41, 5.74) is 5.32. The molecule has 0 atom stereocenters. The first-order valence-electron chi connectivity index (χ1n) is 5.27. The smallest absolute Gasteiger partial charge is 0.0106 e. The molecule has 80 valence electrons. The molecule has 0 bridgehead atoms. The molecule has 0 rings (SSSR count). The molecule has 0 aliphatic rings. The lowest BCUT2D eigenvalue weighted by atomic mass is 10.1. The molecule has 0 aromatic heterocycles. The number of hydrogen-bond acceptors (Lipinski definition) is 1. The van der Waals surface area contributed by atoms with Crippen molar-refractivity contribution in [3.63, 3.8) is 0 Å². The summed E-state index contributed by atoms with van der Waals surface area (Å²) in [6.07, 6.45) is 13.7. The molecule has 2 N–H and O–H groups in total. The van der Waals surface area contributed by atoms with E-state index in [0.29, 0.717) is 6.54 Å². The van der Waals surface area contributed by atoms with Gasteiger partial charge in [-0.15, -0.1) is 12.4 Å². The largest absolute Gasteiger partial charge is 0.327 e. The van der Waals surface area contributed by atoms with Gasteiger partial charge in [0.25, 0.3) is 0 Å². The zero-order valence-corrected chi connectivity index (χ0v) is 9.61. The van der Waals surface area contributed by atoms with Crippen LogP contribution in [0.15, 0.2) is 12.2 Å². The van der Waals surface area contributed by atoms with E-state index in [0.717, 1.165) is 0 Å². The molecule has 2 heteroatoms. The molecule has 0 aliphatic heterocycles. The van der Waals surface area contributed by atoms with Crippen LogP contribution >= 0.6 is 12.4 Å². The third-order valence-corrected chi connectivity index (χ3v) is 2.03. The molecule has 0 heterocycles. The van der Waals surface area contributed by atoms with E-state index in [1.54, 1.807) is 0 Å². The molecule has 0 saturated heterocycles. The fourth-order valence-electron chi connectivity index (χ4n) is 1.26. The second-order valence-electron chi connectivity index (χ2n) is 3.26. The Balaban J connectivity index is 0. The van der Waals surface area contributed by atoms with E-state index in [4.69, 9.17) is 5.73 Å². The van der Waals surface area contributed by atoms with Gasteiger partial charge in [0.05, 0.1) is 0 Å². The SMILES string of the molecule is CCCCCCCCC=CCN.Cl. The Morgan fingerprint density at radius 3 is 2.15 bits per heavy atom. The van der Waals surface area contributed by atoms with Crippen molar-refractivity contribution in [2.75, 3.05) is 6.54 Å². The normalized spacial score (nSPS) is 10.3. The highest BCUT2D eigenvalue weighted by Gasteiger charge is 1.87. The highest BCUT2D eigenvalue weighted by atomic mass is 35.5. The molecule has 0 aromatic rings. The monoisotopic (exact) mass is 205 g/mol. The van der Waals surface area contributed by atoms with Crippen molar-refractivity contribution in [3.05, 3.63) is 12.2 Å². The number of nitrogens with two attached hydrogens (primary N) is 1. The van der Waals surface area contributed by atoms with Crippen LogP contribution in [0.2, 0.25) is 0 Å². The predicted molar refractivity (Wildman–Crippen MR) is 63.4 cm³/mol. The summed E-state index contributed by atoms with van der Waals surface area (Å²) in [6, 6.07) is 0. The molecule has 0 aliphatic carbocycles. The van der Waals surface area contributed by atoms with Crippen molar-refractivity contribution in [2.45, 2.75) is 51.9 Å². The van der Waals surface area contributed by atoms with Crippen molar-refractivity contribution in [3.8, 4) is 0 Å². The predicted octanol–water partition coefficient (Wildman–Crippen LogP) is 3.67. The first-order chi connectivity index (χ1) is 5.91. The van der Waals surface area contributed by atoms with Gasteiger partial charge < -0.3 is 5.73 Å². The van der Waals surface area contributed by atoms with Crippen LogP contribution in [0.4, 0.5) is 0 Å². The minimum absolute atomic E-state index is 0. The van der Waals surface area contributed by atoms with Crippen molar-refractivity contribution in [1.29, 1.82) is 0 Å². The van der Waals surface area contributed by atoms with Crippen molar-refractivity contribution in [1.82, 2.24) is 0 Å². The van der Waals surface area contributed by atoms with Gasteiger partial charge in [0, 0.05) is 6.54 Å². The van der Waals surface area contributed by atoms with Gasteiger partial charge in [-0.25, -0.2) is 0 Å². The van der Waals surface area contributed by atoms with Crippen molar-refractivity contribution in [2.24, 2.45) is 5.73 Å². The van der Waals surface area contributed by atoms with Crippen LogP contribution in [0, 0.1) is 0 Å². The second kappa shape index (κ2) is 14.5. The molecule has 0 spiro atoms. The van der Waals surface area contributed by atoms with Gasteiger partial charge in [0.1, 0.15) is 0 Å². The second-order valence-corrected chi connectivity index (χ2v) is 3.26. The zero-order chi connectivity index (χ0) is 9.07. The average molecular weight is 206 g/mol. The summed E-state index contributed by atoms with van der Waals surface area (Å²) in [4.78, 5) is 0. The number of halogens is 1. The van der Waals surface area contributed by atoms with Gasteiger partial charge in [0.2, 0.25) is 0 Å². The summed E-state index contributed by atoms with van der Waals surface area (Å²) >= 11 is 0. The number of allylic oxidation sites excluding steroid dienone is 1. The zero-order valence-electron chi connectivity index (χ0n) is 8.80. The molecular formula is C11H24ClN. The lowest BCUT2D eigenvalue weighted by Crippen LogP contribution is -1.91. The summed E-state index contributed by atoms with van der Waals surface area (Å²) in [6.45, 7) is 2.94. The third-order valence-electron chi connectivity index (χ3n) is 2.03. The maximum atomic E-state index is 5.32. The quantitative estimate of drug-likeness (QED) is 0.475. The minimum Gasteiger partial charge on any atom is -0.327 e. The fraction of sp³-hybridized carbons (Fsp3) is 0.818. The Labute approximate surface area is 89.2 Å². The molecular weight excluding hydrogens is 182 g/mol. The van der Waals surface area contributed by atoms with Gasteiger partial charge in [-0.05, 0) is 12.8 Å². The molecule has 13 heavy (non-hydrogen) atoms. The Morgan fingerprint density at radius 2 is 1.54 bits per heavy atom. The molecule has 0 amide bonds. The van der Waals surface area contributed by atoms with E-state index in [1.165, 1.54) is 44.9 Å². The van der Waals surface area contributed by atoms with Gasteiger partial charge in [-0.1, -0.05) is 51.2 Å². The highest BCUT2D eigenvalue weighted by molar-refractivity contribution is 5.85. The lowest BCUT2D eigenvalue weighted by molar-refractivity contribution is 0.611. The van der Waals surface area contributed by atoms with E-state index in [-0.39, 0.29) is 12.4 Å². The molecule has 1 nitrogen and oxygen atoms in total. The van der Waals surface area contributed by atoms with E-state index in [2.05, 4.69) is 13.0 Å². The molecule has 0 unspecified atom stereocenters. The van der Waals surface area contributed by atoms with Crippen molar-refractivity contribution >= 4 is 12.4 Å². The maximum absolute atomic E-state index is 5.32. The Kier molecular flexibility index (Phi) is 17.3. The van der Waals surface area contributed by atoms with Crippen LogP contribution in [0.5, 0.6) is 0 Å². The van der Waals surface area contributed by atoms with Crippen LogP contribution in [0.25, 0.3) is 0 Å². The summed E-state index contributed by atoms with van der Waals surface area (Å²) in [7, 11) is 0. The number of rotatable bonds is 8. The van der Waals surface area contributed by atoms with E-state index >= 15 is 0 Å². The Hall–Kier alpha value is -0.0100. The Morgan fingerprint density at radius 1 is 0.923 bits per heavy atom. The molecule has 0 radical (unpaired) electrons. The topological polar surface area (TPSA) is 26.0 Å². The molecule has 0 saturated carbocycles. The number of unbranched alkanes of at least 4 members (excludes halogenated alkanes) is 6. The average Bonchev–Trinajstić information content (AvgIpc) is 2.10. The van der Waals surface area contributed by atoms with Crippen molar-refractivity contribution < 1.29 is 0 Å². The van der Waals surface area contributed by atoms with E-state index in [9.17, 15) is 0 Å². The van der Waals surface area contributed by atoms with Gasteiger partial charge in [0.15, 0.2) is 0 Å². The van der Waals surface area contributed by atoms with Gasteiger partial charge >= 0.3 is 0 Å². The van der Waals surface area contributed by atoms with Crippen LogP contribution in [-0.4, -0.2) is 6.54 Å². The van der Waals surface area contributed by atoms with E-state index in [1.807, 2.05) is 6.08 Å². The van der Waals surface area contributed by atoms with Crippen LogP contribution in [0.1, 0.15) is 51.9 Å². The number of hydrogen-bond donors (Lipinski definition) is 1. The lowest BCUT2D eigenvalue weighted by Gasteiger charge is -1.97. The van der Waals surface area contributed by atoms with E-state index < -0.39 is 0 Å². The standard InChI is InChI=1S/C11H23N.ClH/c1-2-3-4-5-6-7-8-9-10-11-12;/h9-10H,2-8,11-12H2,1H3;1H. The summed E-state index contributed by atoms with van der Waals surface area (Å²) in [5.74, 6) is 0. The Bertz CT molecular complexity index is 102. The third kappa shape index (κ3) is 14.8. The minimum atomic E-state index is 0.